The highest BCUT2D eigenvalue weighted by Gasteiger charge is 2.24. The van der Waals surface area contributed by atoms with Gasteiger partial charge in [-0.15, -0.1) is 11.3 Å². The number of ketones is 1. The first-order valence-corrected chi connectivity index (χ1v) is 8.50. The van der Waals surface area contributed by atoms with E-state index in [0.717, 1.165) is 16.5 Å². The average molecular weight is 357 g/mol. The van der Waals surface area contributed by atoms with Gasteiger partial charge in [-0.1, -0.05) is 35.9 Å². The van der Waals surface area contributed by atoms with Gasteiger partial charge in [0, 0.05) is 26.9 Å². The van der Waals surface area contributed by atoms with E-state index in [9.17, 15) is 10.1 Å². The van der Waals surface area contributed by atoms with Gasteiger partial charge in [0.2, 0.25) is 0 Å². The molecule has 0 aliphatic rings. The molecule has 120 valence electrons. The number of ether oxygens (including phenoxy) is 1. The quantitative estimate of drug-likeness (QED) is 0.674. The minimum Gasteiger partial charge on any atom is -0.485 e. The molecule has 0 saturated heterocycles. The molecule has 1 atom stereocenters. The maximum Gasteiger partial charge on any atom is 0.194 e. The molecule has 0 aliphatic heterocycles. The molecule has 1 unspecified atom stereocenters. The van der Waals surface area contributed by atoms with Crippen molar-refractivity contribution in [3.8, 4) is 11.8 Å². The number of hydrogen-bond donors (Lipinski definition) is 0. The molecule has 0 amide bonds. The SMILES string of the molecule is Cc1csc(C(C#N)C(=O)COc2ccc(Cl)c3ccccc23)n1. The highest BCUT2D eigenvalue weighted by molar-refractivity contribution is 7.09. The Bertz CT molecular complexity index is 946. The number of rotatable bonds is 5. The molecule has 0 radical (unpaired) electrons. The molecule has 1 aromatic heterocycles. The number of benzene rings is 2. The van der Waals surface area contributed by atoms with Crippen molar-refractivity contribution in [2.24, 2.45) is 0 Å². The van der Waals surface area contributed by atoms with Crippen LogP contribution in [0.2, 0.25) is 5.02 Å². The van der Waals surface area contributed by atoms with Gasteiger partial charge in [0.1, 0.15) is 17.4 Å². The standard InChI is InChI=1S/C18H13ClN2O2S/c1-11-10-24-18(21-11)14(8-20)16(22)9-23-17-7-6-15(19)12-4-2-3-5-13(12)17/h2-7,10,14H,9H2,1H3. The Kier molecular flexibility index (Phi) is 4.79. The Labute approximate surface area is 148 Å². The predicted molar refractivity (Wildman–Crippen MR) is 94.7 cm³/mol. The van der Waals surface area contributed by atoms with Gasteiger partial charge in [0.15, 0.2) is 11.7 Å². The van der Waals surface area contributed by atoms with E-state index in [2.05, 4.69) is 4.98 Å². The van der Waals surface area contributed by atoms with Crippen LogP contribution in [0.4, 0.5) is 0 Å². The molecule has 0 N–H and O–H groups in total. The monoisotopic (exact) mass is 356 g/mol. The van der Waals surface area contributed by atoms with Crippen LogP contribution in [0, 0.1) is 18.3 Å². The minimum atomic E-state index is -0.901. The van der Waals surface area contributed by atoms with Crippen LogP contribution >= 0.6 is 22.9 Å². The van der Waals surface area contributed by atoms with E-state index in [-0.39, 0.29) is 12.4 Å². The molecular weight excluding hydrogens is 344 g/mol. The van der Waals surface area contributed by atoms with E-state index >= 15 is 0 Å². The van der Waals surface area contributed by atoms with Gasteiger partial charge in [-0.3, -0.25) is 4.79 Å². The fraction of sp³-hybridized carbons (Fsp3) is 0.167. The molecule has 2 aromatic carbocycles. The van der Waals surface area contributed by atoms with Gasteiger partial charge in [0.05, 0.1) is 6.07 Å². The van der Waals surface area contributed by atoms with Crippen molar-refractivity contribution in [3.63, 3.8) is 0 Å². The lowest BCUT2D eigenvalue weighted by molar-refractivity contribution is -0.121. The summed E-state index contributed by atoms with van der Waals surface area (Å²) >= 11 is 7.48. The van der Waals surface area contributed by atoms with Crippen LogP contribution in [0.25, 0.3) is 10.8 Å². The molecule has 4 nitrogen and oxygen atoms in total. The van der Waals surface area contributed by atoms with Crippen LogP contribution in [-0.2, 0) is 4.79 Å². The molecule has 24 heavy (non-hydrogen) atoms. The number of carbonyl (C=O) groups excluding carboxylic acids is 1. The maximum absolute atomic E-state index is 12.4. The van der Waals surface area contributed by atoms with E-state index in [1.807, 2.05) is 42.6 Å². The second-order valence-electron chi connectivity index (χ2n) is 5.24. The van der Waals surface area contributed by atoms with Crippen molar-refractivity contribution in [2.45, 2.75) is 12.8 Å². The lowest BCUT2D eigenvalue weighted by Crippen LogP contribution is -2.19. The third kappa shape index (κ3) is 3.25. The summed E-state index contributed by atoms with van der Waals surface area (Å²) in [5.74, 6) is -0.650. The van der Waals surface area contributed by atoms with E-state index in [1.165, 1.54) is 11.3 Å². The Morgan fingerprint density at radius 3 is 2.75 bits per heavy atom. The number of aromatic nitrogens is 1. The number of hydrogen-bond acceptors (Lipinski definition) is 5. The third-order valence-electron chi connectivity index (χ3n) is 3.54. The number of fused-ring (bicyclic) bond motifs is 1. The summed E-state index contributed by atoms with van der Waals surface area (Å²) in [7, 11) is 0. The van der Waals surface area contributed by atoms with Crippen LogP contribution < -0.4 is 4.74 Å². The van der Waals surface area contributed by atoms with Gasteiger partial charge in [0.25, 0.3) is 0 Å². The number of halogens is 1. The molecule has 3 rings (SSSR count). The molecular formula is C18H13ClN2O2S. The maximum atomic E-state index is 12.4. The fourth-order valence-electron chi connectivity index (χ4n) is 2.36. The van der Waals surface area contributed by atoms with Crippen LogP contribution in [0.1, 0.15) is 16.6 Å². The first-order chi connectivity index (χ1) is 11.6. The second kappa shape index (κ2) is 7.00. The molecule has 0 spiro atoms. The topological polar surface area (TPSA) is 63.0 Å². The van der Waals surface area contributed by atoms with Crippen LogP contribution in [0.3, 0.4) is 0 Å². The second-order valence-corrected chi connectivity index (χ2v) is 6.53. The summed E-state index contributed by atoms with van der Waals surface area (Å²) in [6, 6.07) is 13.0. The molecule has 0 aliphatic carbocycles. The summed E-state index contributed by atoms with van der Waals surface area (Å²) < 4.78 is 5.66. The smallest absolute Gasteiger partial charge is 0.194 e. The van der Waals surface area contributed by atoms with E-state index in [1.54, 1.807) is 12.1 Å². The number of nitriles is 1. The first-order valence-electron chi connectivity index (χ1n) is 7.24. The number of nitrogens with zero attached hydrogens (tertiary/aromatic N) is 2. The van der Waals surface area contributed by atoms with Crippen molar-refractivity contribution >= 4 is 39.5 Å². The van der Waals surface area contributed by atoms with Gasteiger partial charge in [-0.2, -0.15) is 5.26 Å². The van der Waals surface area contributed by atoms with Crippen molar-refractivity contribution < 1.29 is 9.53 Å². The summed E-state index contributed by atoms with van der Waals surface area (Å²) in [5, 5.41) is 13.9. The summed E-state index contributed by atoms with van der Waals surface area (Å²) in [6.45, 7) is 1.64. The zero-order valence-electron chi connectivity index (χ0n) is 12.8. The zero-order chi connectivity index (χ0) is 17.1. The van der Waals surface area contributed by atoms with Crippen LogP contribution in [0.15, 0.2) is 41.8 Å². The Morgan fingerprint density at radius 1 is 1.33 bits per heavy atom. The van der Waals surface area contributed by atoms with Gasteiger partial charge < -0.3 is 4.74 Å². The van der Waals surface area contributed by atoms with E-state index in [0.29, 0.717) is 15.8 Å². The number of aryl methyl sites for hydroxylation is 1. The molecule has 1 heterocycles. The molecule has 0 saturated carbocycles. The Morgan fingerprint density at radius 2 is 2.08 bits per heavy atom. The average Bonchev–Trinajstić information content (AvgIpc) is 3.01. The molecule has 0 bridgehead atoms. The van der Waals surface area contributed by atoms with E-state index < -0.39 is 5.92 Å². The molecule has 0 fully saturated rings. The first kappa shape index (κ1) is 16.4. The highest BCUT2D eigenvalue weighted by Crippen LogP contribution is 2.31. The third-order valence-corrected chi connectivity index (χ3v) is 4.89. The van der Waals surface area contributed by atoms with Crippen LogP contribution in [0.5, 0.6) is 5.75 Å². The van der Waals surface area contributed by atoms with Crippen molar-refractivity contribution in [2.75, 3.05) is 6.61 Å². The summed E-state index contributed by atoms with van der Waals surface area (Å²) in [6.07, 6.45) is 0. The van der Waals surface area contributed by atoms with Gasteiger partial charge in [-0.05, 0) is 19.1 Å². The van der Waals surface area contributed by atoms with Crippen molar-refractivity contribution in [3.05, 3.63) is 57.5 Å². The zero-order valence-corrected chi connectivity index (χ0v) is 14.4. The molecule has 3 aromatic rings. The lowest BCUT2D eigenvalue weighted by Gasteiger charge is -2.11. The normalized spacial score (nSPS) is 11.9. The molecule has 6 heteroatoms. The van der Waals surface area contributed by atoms with Crippen LogP contribution in [-0.4, -0.2) is 17.4 Å². The van der Waals surface area contributed by atoms with E-state index in [4.69, 9.17) is 16.3 Å². The summed E-state index contributed by atoms with van der Waals surface area (Å²) in [4.78, 5) is 16.6. The fourth-order valence-corrected chi connectivity index (χ4v) is 3.45. The number of carbonyl (C=O) groups is 1. The predicted octanol–water partition coefficient (Wildman–Crippen LogP) is 4.51. The Hall–Kier alpha value is -2.42. The van der Waals surface area contributed by atoms with Crippen molar-refractivity contribution in [1.82, 2.24) is 4.98 Å². The van der Waals surface area contributed by atoms with Gasteiger partial charge >= 0.3 is 0 Å². The van der Waals surface area contributed by atoms with Crippen molar-refractivity contribution in [1.29, 1.82) is 5.26 Å². The summed E-state index contributed by atoms with van der Waals surface area (Å²) in [5.41, 5.74) is 0.799. The number of Topliss-reactive ketones (excluding diaryl/α,β-unsaturated/α-hetero) is 1. The Balaban J connectivity index is 1.79. The largest absolute Gasteiger partial charge is 0.485 e. The lowest BCUT2D eigenvalue weighted by atomic mass is 10.1. The highest BCUT2D eigenvalue weighted by atomic mass is 35.5. The minimum absolute atomic E-state index is 0.192. The van der Waals surface area contributed by atoms with Gasteiger partial charge in [-0.25, -0.2) is 4.98 Å². The number of thiazole rings is 1.